The standard InChI is InChI=1S/C14H21NO.C9H20ClNO4S.CH3NO/c16-11-14-8-7-13(9-10-15-14)6-5-12-3-1-2-4-12;1-4(10)6(11)8(14)15-9(16-3)7(13)5(2)12;2-1-3/h5-7,11-12,14-15H,1-4,8-10H2;4-9,12-14H,11H2,1-3H3;1H,(H2,2,3)/b6-5+;;/t;4?,5?,6?,7?,8-,9?;/m.1./s1. The Morgan fingerprint density at radius 1 is 1.23 bits per heavy atom. The van der Waals surface area contributed by atoms with Crippen molar-refractivity contribution in [3.05, 3.63) is 23.8 Å². The van der Waals surface area contributed by atoms with Crippen LogP contribution in [0.5, 0.6) is 0 Å². The number of amides is 1. The van der Waals surface area contributed by atoms with E-state index in [1.54, 1.807) is 13.2 Å². The molecule has 1 amide bonds. The summed E-state index contributed by atoms with van der Waals surface area (Å²) in [6.07, 6.45) is 13.9. The maximum Gasteiger partial charge on any atom is 0.204 e. The minimum absolute atomic E-state index is 0.0254. The van der Waals surface area contributed by atoms with Gasteiger partial charge in [0.25, 0.3) is 0 Å². The number of thioether (sulfide) groups is 1. The highest BCUT2D eigenvalue weighted by atomic mass is 35.5. The molecule has 7 atom stereocenters. The molecule has 0 spiro atoms. The van der Waals surface area contributed by atoms with Crippen molar-refractivity contribution in [3.8, 4) is 0 Å². The van der Waals surface area contributed by atoms with Crippen molar-refractivity contribution in [2.75, 3.05) is 12.8 Å². The number of allylic oxidation sites excluding steroid dienone is 2. The van der Waals surface area contributed by atoms with Gasteiger partial charge in [-0.25, -0.2) is 0 Å². The zero-order chi connectivity index (χ0) is 26.8. The van der Waals surface area contributed by atoms with Gasteiger partial charge in [0.1, 0.15) is 17.8 Å². The molecule has 11 heteroatoms. The molecule has 0 aromatic carbocycles. The molecule has 1 aliphatic heterocycles. The summed E-state index contributed by atoms with van der Waals surface area (Å²) >= 11 is 6.88. The van der Waals surface area contributed by atoms with E-state index in [0.29, 0.717) is 0 Å². The number of rotatable bonds is 10. The Hall–Kier alpha value is -0.980. The molecule has 204 valence electrons. The summed E-state index contributed by atoms with van der Waals surface area (Å²) in [5.41, 5.74) is 10.4. The summed E-state index contributed by atoms with van der Waals surface area (Å²) < 4.78 is 5.14. The van der Waals surface area contributed by atoms with Gasteiger partial charge in [-0.05, 0) is 58.2 Å². The lowest BCUT2D eigenvalue weighted by molar-refractivity contribution is -0.157. The number of aldehydes is 1. The molecule has 0 aromatic rings. The van der Waals surface area contributed by atoms with Gasteiger partial charge in [-0.2, -0.15) is 0 Å². The minimum Gasteiger partial charge on any atom is -0.391 e. The van der Waals surface area contributed by atoms with Crippen LogP contribution in [0.25, 0.3) is 0 Å². The number of ether oxygens (including phenoxy) is 1. The van der Waals surface area contributed by atoms with E-state index in [1.165, 1.54) is 49.9 Å². The van der Waals surface area contributed by atoms with Gasteiger partial charge in [-0.3, -0.25) is 4.79 Å². The summed E-state index contributed by atoms with van der Waals surface area (Å²) in [7, 11) is 0. The van der Waals surface area contributed by atoms with Crippen molar-refractivity contribution in [1.29, 1.82) is 0 Å². The molecule has 1 aliphatic carbocycles. The maximum absolute atomic E-state index is 10.7. The van der Waals surface area contributed by atoms with E-state index in [4.69, 9.17) is 26.9 Å². The number of alkyl halides is 1. The van der Waals surface area contributed by atoms with E-state index in [2.05, 4.69) is 29.3 Å². The Labute approximate surface area is 218 Å². The number of carbonyl (C=O) groups is 2. The predicted molar refractivity (Wildman–Crippen MR) is 142 cm³/mol. The third kappa shape index (κ3) is 15.0. The van der Waals surface area contributed by atoms with Crippen LogP contribution in [0.3, 0.4) is 0 Å². The predicted octanol–water partition coefficient (Wildman–Crippen LogP) is 1.42. The van der Waals surface area contributed by atoms with Crippen LogP contribution in [0.2, 0.25) is 0 Å². The van der Waals surface area contributed by atoms with E-state index >= 15 is 0 Å². The van der Waals surface area contributed by atoms with Crippen molar-refractivity contribution in [3.63, 3.8) is 0 Å². The Bertz CT molecular complexity index is 632. The number of halogens is 1. The van der Waals surface area contributed by atoms with Gasteiger partial charge in [-0.15, -0.1) is 23.4 Å². The first kappa shape index (κ1) is 34.0. The minimum atomic E-state index is -1.28. The first-order valence-corrected chi connectivity index (χ1v) is 13.7. The average Bonchev–Trinajstić information content (AvgIpc) is 3.25. The van der Waals surface area contributed by atoms with Gasteiger partial charge in [0.2, 0.25) is 6.41 Å². The molecule has 1 heterocycles. The molecule has 35 heavy (non-hydrogen) atoms. The maximum atomic E-state index is 10.7. The van der Waals surface area contributed by atoms with Crippen LogP contribution in [0.1, 0.15) is 52.4 Å². The van der Waals surface area contributed by atoms with Crippen LogP contribution in [-0.4, -0.2) is 82.2 Å². The van der Waals surface area contributed by atoms with Gasteiger partial charge in [0.05, 0.1) is 23.6 Å². The van der Waals surface area contributed by atoms with E-state index in [-0.39, 0.29) is 12.5 Å². The molecular formula is C24H44ClN3O6S. The summed E-state index contributed by atoms with van der Waals surface area (Å²) in [6, 6.07) is -0.727. The third-order valence-corrected chi connectivity index (χ3v) is 6.88. The molecule has 9 nitrogen and oxygen atoms in total. The Balaban J connectivity index is 0.000000594. The van der Waals surface area contributed by atoms with Crippen LogP contribution in [0, 0.1) is 5.92 Å². The number of primary amides is 1. The fourth-order valence-electron chi connectivity index (χ4n) is 3.49. The zero-order valence-corrected chi connectivity index (χ0v) is 22.5. The summed E-state index contributed by atoms with van der Waals surface area (Å²) in [5.74, 6) is 0.805. The fraction of sp³-hybridized carbons (Fsp3) is 0.750. The monoisotopic (exact) mass is 537 g/mol. The summed E-state index contributed by atoms with van der Waals surface area (Å²) in [6.45, 7) is 4.00. The van der Waals surface area contributed by atoms with Crippen LogP contribution in [0.15, 0.2) is 23.8 Å². The topological polar surface area (TPSA) is 168 Å². The SMILES string of the molecule is CSC(O[C@@H](O)C(N)C(C)Cl)C(O)C(C)O.NC=O.O=CC1CC=C(/C=C/C2CCCC2)CCN1. The number of hydrogen-bond donors (Lipinski definition) is 6. The van der Waals surface area contributed by atoms with Crippen molar-refractivity contribution in [2.45, 2.75) is 93.8 Å². The third-order valence-electron chi connectivity index (χ3n) is 5.74. The van der Waals surface area contributed by atoms with Gasteiger partial charge < -0.3 is 41.6 Å². The molecule has 0 aromatic heterocycles. The lowest BCUT2D eigenvalue weighted by Gasteiger charge is -2.29. The lowest BCUT2D eigenvalue weighted by atomic mass is 10.0. The Morgan fingerprint density at radius 2 is 1.83 bits per heavy atom. The second kappa shape index (κ2) is 20.1. The van der Waals surface area contributed by atoms with Crippen LogP contribution in [-0.2, 0) is 14.3 Å². The molecule has 8 N–H and O–H groups in total. The molecule has 1 fully saturated rings. The smallest absolute Gasteiger partial charge is 0.204 e. The number of carbonyl (C=O) groups excluding carboxylic acids is 2. The van der Waals surface area contributed by atoms with Crippen molar-refractivity contribution >= 4 is 36.1 Å². The Kier molecular flexibility index (Phi) is 19.6. The molecule has 0 saturated heterocycles. The van der Waals surface area contributed by atoms with E-state index in [1.807, 2.05) is 0 Å². The number of aliphatic hydroxyl groups is 3. The van der Waals surface area contributed by atoms with E-state index < -0.39 is 35.4 Å². The van der Waals surface area contributed by atoms with Gasteiger partial charge in [-0.1, -0.05) is 36.6 Å². The number of hydrogen-bond acceptors (Lipinski definition) is 9. The molecule has 1 saturated carbocycles. The van der Waals surface area contributed by atoms with E-state index in [9.17, 15) is 20.1 Å². The van der Waals surface area contributed by atoms with Crippen molar-refractivity contribution in [2.24, 2.45) is 17.4 Å². The fourth-order valence-corrected chi connectivity index (χ4v) is 4.34. The lowest BCUT2D eigenvalue weighted by Crippen LogP contribution is -2.47. The highest BCUT2D eigenvalue weighted by molar-refractivity contribution is 7.99. The number of aliphatic hydroxyl groups excluding tert-OH is 3. The quantitative estimate of drug-likeness (QED) is 0.137. The van der Waals surface area contributed by atoms with Gasteiger partial charge in [0, 0.05) is 0 Å². The molecular weight excluding hydrogens is 494 g/mol. The summed E-state index contributed by atoms with van der Waals surface area (Å²) in [4.78, 5) is 19.3. The number of nitrogens with one attached hydrogen (secondary N) is 1. The molecule has 6 unspecified atom stereocenters. The van der Waals surface area contributed by atoms with Gasteiger partial charge in [0.15, 0.2) is 6.29 Å². The first-order chi connectivity index (χ1) is 16.6. The second-order valence-corrected chi connectivity index (χ2v) is 10.2. The first-order valence-electron chi connectivity index (χ1n) is 11.9. The average molecular weight is 538 g/mol. The van der Waals surface area contributed by atoms with Gasteiger partial charge >= 0.3 is 0 Å². The molecule has 2 aliphatic rings. The second-order valence-electron chi connectivity index (χ2n) is 8.62. The highest BCUT2D eigenvalue weighted by Gasteiger charge is 2.29. The molecule has 2 rings (SSSR count). The largest absolute Gasteiger partial charge is 0.391 e. The Morgan fingerprint density at radius 3 is 2.31 bits per heavy atom. The highest BCUT2D eigenvalue weighted by Crippen LogP contribution is 2.26. The van der Waals surface area contributed by atoms with E-state index in [0.717, 1.165) is 31.6 Å². The number of nitrogens with two attached hydrogens (primary N) is 2. The van der Waals surface area contributed by atoms with Crippen molar-refractivity contribution in [1.82, 2.24) is 5.32 Å². The van der Waals surface area contributed by atoms with Crippen LogP contribution < -0.4 is 16.8 Å². The van der Waals surface area contributed by atoms with Crippen molar-refractivity contribution < 1.29 is 29.6 Å². The van der Waals surface area contributed by atoms with Crippen LogP contribution in [0.4, 0.5) is 0 Å². The van der Waals surface area contributed by atoms with Crippen LogP contribution >= 0.6 is 23.4 Å². The molecule has 0 radical (unpaired) electrons. The molecule has 0 bridgehead atoms. The summed E-state index contributed by atoms with van der Waals surface area (Å²) in [5, 5.41) is 31.1. The zero-order valence-electron chi connectivity index (χ0n) is 21.0. The normalized spacial score (nSPS) is 23.8.